The summed E-state index contributed by atoms with van der Waals surface area (Å²) in [5, 5.41) is 3.26. The van der Waals surface area contributed by atoms with Crippen molar-refractivity contribution in [2.45, 2.75) is 19.3 Å². The highest BCUT2D eigenvalue weighted by atomic mass is 79.9. The third-order valence-corrected chi connectivity index (χ3v) is 3.38. The maximum atomic E-state index is 5.13. The average Bonchev–Trinajstić information content (AvgIpc) is 2.39. The number of ether oxygens (including phenoxy) is 1. The van der Waals surface area contributed by atoms with Gasteiger partial charge in [-0.25, -0.2) is 4.98 Å². The Morgan fingerprint density at radius 3 is 3.12 bits per heavy atom. The summed E-state index contributed by atoms with van der Waals surface area (Å²) >= 11 is 3.33. The summed E-state index contributed by atoms with van der Waals surface area (Å²) in [4.78, 5) is 8.47. The standard InChI is InChI=1S/C12H16BrN3O/c1-17-11-10(13)8-15-12(16-11)14-7-9-5-3-2-4-6-9/h2-3,8-9H,4-7H2,1H3,(H,14,15,16). The van der Waals surface area contributed by atoms with Crippen LogP contribution in [-0.2, 0) is 0 Å². The Bertz CT molecular complexity index is 409. The minimum Gasteiger partial charge on any atom is -0.480 e. The Morgan fingerprint density at radius 1 is 1.53 bits per heavy atom. The Labute approximate surface area is 110 Å². The lowest BCUT2D eigenvalue weighted by molar-refractivity contribution is 0.394. The summed E-state index contributed by atoms with van der Waals surface area (Å²) in [6, 6.07) is 0. The Balaban J connectivity index is 1.92. The van der Waals surface area contributed by atoms with Gasteiger partial charge in [-0.05, 0) is 41.1 Å². The Morgan fingerprint density at radius 2 is 2.41 bits per heavy atom. The molecule has 5 heteroatoms. The fraction of sp³-hybridized carbons (Fsp3) is 0.500. The number of halogens is 1. The topological polar surface area (TPSA) is 47.0 Å². The first kappa shape index (κ1) is 12.4. The van der Waals surface area contributed by atoms with Crippen LogP contribution in [0.3, 0.4) is 0 Å². The third kappa shape index (κ3) is 3.43. The molecule has 1 atom stereocenters. The van der Waals surface area contributed by atoms with Crippen LogP contribution in [0.2, 0.25) is 0 Å². The van der Waals surface area contributed by atoms with Crippen molar-refractivity contribution in [2.24, 2.45) is 5.92 Å². The molecule has 1 aliphatic carbocycles. The molecule has 0 aliphatic heterocycles. The van der Waals surface area contributed by atoms with Crippen LogP contribution in [0, 0.1) is 5.92 Å². The largest absolute Gasteiger partial charge is 0.480 e. The van der Waals surface area contributed by atoms with E-state index in [2.05, 4.69) is 43.4 Å². The van der Waals surface area contributed by atoms with E-state index < -0.39 is 0 Å². The van der Waals surface area contributed by atoms with E-state index in [1.165, 1.54) is 12.8 Å². The van der Waals surface area contributed by atoms with Crippen LogP contribution in [-0.4, -0.2) is 23.6 Å². The van der Waals surface area contributed by atoms with Gasteiger partial charge in [-0.1, -0.05) is 12.2 Å². The first-order chi connectivity index (χ1) is 8.29. The Kier molecular flexibility index (Phi) is 4.36. The number of methoxy groups -OCH3 is 1. The van der Waals surface area contributed by atoms with E-state index in [9.17, 15) is 0 Å². The van der Waals surface area contributed by atoms with Gasteiger partial charge < -0.3 is 10.1 Å². The summed E-state index contributed by atoms with van der Waals surface area (Å²) in [7, 11) is 1.60. The molecule has 0 saturated carbocycles. The SMILES string of the molecule is COc1nc(NCC2CC=CCC2)ncc1Br. The number of aromatic nitrogens is 2. The highest BCUT2D eigenvalue weighted by molar-refractivity contribution is 9.10. The summed E-state index contributed by atoms with van der Waals surface area (Å²) < 4.78 is 5.90. The number of nitrogens with zero attached hydrogens (tertiary/aromatic N) is 2. The van der Waals surface area contributed by atoms with Crippen molar-refractivity contribution in [2.75, 3.05) is 19.0 Å². The van der Waals surface area contributed by atoms with Gasteiger partial charge in [0.1, 0.15) is 0 Å². The average molecular weight is 298 g/mol. The highest BCUT2D eigenvalue weighted by Gasteiger charge is 2.11. The van der Waals surface area contributed by atoms with Crippen LogP contribution in [0.1, 0.15) is 19.3 Å². The molecule has 1 aromatic rings. The molecule has 0 amide bonds. The molecule has 0 aromatic carbocycles. The number of rotatable bonds is 4. The van der Waals surface area contributed by atoms with E-state index >= 15 is 0 Å². The molecule has 0 bridgehead atoms. The maximum absolute atomic E-state index is 5.13. The quantitative estimate of drug-likeness (QED) is 0.868. The minimum absolute atomic E-state index is 0.561. The van der Waals surface area contributed by atoms with Crippen LogP contribution in [0.4, 0.5) is 5.95 Å². The first-order valence-electron chi connectivity index (χ1n) is 5.75. The van der Waals surface area contributed by atoms with Crippen LogP contribution in [0.5, 0.6) is 5.88 Å². The first-order valence-corrected chi connectivity index (χ1v) is 6.54. The molecular formula is C12H16BrN3O. The second-order valence-corrected chi connectivity index (χ2v) is 4.94. The normalized spacial score (nSPS) is 19.1. The lowest BCUT2D eigenvalue weighted by Crippen LogP contribution is -2.16. The predicted octanol–water partition coefficient (Wildman–Crippen LogP) is 3.02. The molecule has 0 saturated heterocycles. The van der Waals surface area contributed by atoms with Gasteiger partial charge in [0.15, 0.2) is 0 Å². The molecule has 0 fully saturated rings. The number of hydrogen-bond acceptors (Lipinski definition) is 4. The van der Waals surface area contributed by atoms with Gasteiger partial charge >= 0.3 is 0 Å². The van der Waals surface area contributed by atoms with Crippen molar-refractivity contribution in [3.05, 3.63) is 22.8 Å². The van der Waals surface area contributed by atoms with Gasteiger partial charge in [0, 0.05) is 6.54 Å². The van der Waals surface area contributed by atoms with E-state index in [1.54, 1.807) is 13.3 Å². The van der Waals surface area contributed by atoms with Gasteiger partial charge in [-0.15, -0.1) is 0 Å². The summed E-state index contributed by atoms with van der Waals surface area (Å²) in [5.74, 6) is 1.86. The molecular weight excluding hydrogens is 282 g/mol. The van der Waals surface area contributed by atoms with Crippen molar-refractivity contribution in [1.82, 2.24) is 9.97 Å². The zero-order chi connectivity index (χ0) is 12.1. The van der Waals surface area contributed by atoms with Crippen LogP contribution in [0.15, 0.2) is 22.8 Å². The number of anilines is 1. The molecule has 1 N–H and O–H groups in total. The fourth-order valence-electron chi connectivity index (χ4n) is 1.86. The second-order valence-electron chi connectivity index (χ2n) is 4.08. The number of hydrogen-bond donors (Lipinski definition) is 1. The predicted molar refractivity (Wildman–Crippen MR) is 71.3 cm³/mol. The van der Waals surface area contributed by atoms with Crippen molar-refractivity contribution >= 4 is 21.9 Å². The van der Waals surface area contributed by atoms with E-state index in [0.717, 1.165) is 17.4 Å². The molecule has 0 radical (unpaired) electrons. The minimum atomic E-state index is 0.561. The maximum Gasteiger partial charge on any atom is 0.232 e. The zero-order valence-electron chi connectivity index (χ0n) is 9.82. The number of nitrogens with one attached hydrogen (secondary N) is 1. The Hall–Kier alpha value is -1.10. The highest BCUT2D eigenvalue weighted by Crippen LogP contribution is 2.23. The molecule has 1 unspecified atom stereocenters. The zero-order valence-corrected chi connectivity index (χ0v) is 11.4. The summed E-state index contributed by atoms with van der Waals surface area (Å²) in [6.07, 6.45) is 9.75. The second kappa shape index (κ2) is 6.00. The number of allylic oxidation sites excluding steroid dienone is 2. The molecule has 2 rings (SSSR count). The smallest absolute Gasteiger partial charge is 0.232 e. The van der Waals surface area contributed by atoms with Crippen LogP contribution >= 0.6 is 15.9 Å². The third-order valence-electron chi connectivity index (χ3n) is 2.83. The lowest BCUT2D eigenvalue weighted by Gasteiger charge is -2.18. The molecule has 1 aromatic heterocycles. The van der Waals surface area contributed by atoms with Gasteiger partial charge in [-0.2, -0.15) is 4.98 Å². The molecule has 4 nitrogen and oxygen atoms in total. The molecule has 0 spiro atoms. The van der Waals surface area contributed by atoms with Crippen molar-refractivity contribution in [1.29, 1.82) is 0 Å². The fourth-order valence-corrected chi connectivity index (χ4v) is 2.21. The molecule has 92 valence electrons. The van der Waals surface area contributed by atoms with Gasteiger partial charge in [-0.3, -0.25) is 0 Å². The van der Waals surface area contributed by atoms with E-state index in [4.69, 9.17) is 4.74 Å². The van der Waals surface area contributed by atoms with E-state index in [-0.39, 0.29) is 0 Å². The summed E-state index contributed by atoms with van der Waals surface area (Å²) in [5.41, 5.74) is 0. The van der Waals surface area contributed by atoms with Crippen molar-refractivity contribution < 1.29 is 4.74 Å². The van der Waals surface area contributed by atoms with Crippen molar-refractivity contribution in [3.63, 3.8) is 0 Å². The monoisotopic (exact) mass is 297 g/mol. The molecule has 1 heterocycles. The summed E-state index contributed by atoms with van der Waals surface area (Å²) in [6.45, 7) is 0.912. The van der Waals surface area contributed by atoms with E-state index in [1.807, 2.05) is 0 Å². The van der Waals surface area contributed by atoms with Crippen molar-refractivity contribution in [3.8, 4) is 5.88 Å². The lowest BCUT2D eigenvalue weighted by atomic mass is 9.94. The van der Waals surface area contributed by atoms with Gasteiger partial charge in [0.25, 0.3) is 0 Å². The van der Waals surface area contributed by atoms with Gasteiger partial charge in [0.2, 0.25) is 11.8 Å². The van der Waals surface area contributed by atoms with Gasteiger partial charge in [0.05, 0.1) is 17.8 Å². The van der Waals surface area contributed by atoms with Crippen LogP contribution < -0.4 is 10.1 Å². The molecule has 1 aliphatic rings. The van der Waals surface area contributed by atoms with Crippen LogP contribution in [0.25, 0.3) is 0 Å². The van der Waals surface area contributed by atoms with E-state index in [0.29, 0.717) is 17.7 Å². The molecule has 17 heavy (non-hydrogen) atoms.